The second-order valence-electron chi connectivity index (χ2n) is 9.53. The van der Waals surface area contributed by atoms with Crippen molar-refractivity contribution in [3.8, 4) is 5.75 Å². The summed E-state index contributed by atoms with van der Waals surface area (Å²) in [6, 6.07) is 5.35. The van der Waals surface area contributed by atoms with Gasteiger partial charge in [0.25, 0.3) is 0 Å². The van der Waals surface area contributed by atoms with Gasteiger partial charge in [-0.15, -0.1) is 0 Å². The van der Waals surface area contributed by atoms with Crippen molar-refractivity contribution in [3.05, 3.63) is 29.8 Å². The lowest BCUT2D eigenvalue weighted by atomic mass is 10.0. The topological polar surface area (TPSA) is 108 Å². The first kappa shape index (κ1) is 26.3. The van der Waals surface area contributed by atoms with Gasteiger partial charge in [-0.1, -0.05) is 25.5 Å². The fraction of sp³-hybridized carbons (Fsp3) is 0.609. The van der Waals surface area contributed by atoms with Crippen LogP contribution >= 0.6 is 0 Å². The largest absolute Gasteiger partial charge is 0.508 e. The minimum absolute atomic E-state index is 0.000768. The summed E-state index contributed by atoms with van der Waals surface area (Å²) in [7, 11) is 0. The number of nitrogens with one attached hydrogen (secondary N) is 2. The summed E-state index contributed by atoms with van der Waals surface area (Å²) < 4.78 is 5.19. The molecule has 0 saturated heterocycles. The molecule has 0 radical (unpaired) electrons. The van der Waals surface area contributed by atoms with E-state index in [-0.39, 0.29) is 18.2 Å². The third kappa shape index (κ3) is 9.72. The predicted molar refractivity (Wildman–Crippen MR) is 120 cm³/mol. The summed E-state index contributed by atoms with van der Waals surface area (Å²) in [6.07, 6.45) is 0.789. The molecule has 1 aromatic carbocycles. The number of aromatic hydroxyl groups is 1. The number of hydrogen-bond donors (Lipinski definition) is 3. The third-order valence-corrected chi connectivity index (χ3v) is 4.10. The van der Waals surface area contributed by atoms with Crippen molar-refractivity contribution in [1.29, 1.82) is 0 Å². The Labute approximate surface area is 185 Å². The first-order chi connectivity index (χ1) is 14.2. The Morgan fingerprint density at radius 2 is 1.77 bits per heavy atom. The van der Waals surface area contributed by atoms with Crippen molar-refractivity contribution in [2.75, 3.05) is 13.1 Å². The van der Waals surface area contributed by atoms with Crippen LogP contribution < -0.4 is 10.6 Å². The fourth-order valence-corrected chi connectivity index (χ4v) is 2.90. The minimum atomic E-state index is -0.953. The van der Waals surface area contributed by atoms with E-state index in [9.17, 15) is 19.5 Å². The summed E-state index contributed by atoms with van der Waals surface area (Å²) in [6.45, 7) is 12.8. The highest BCUT2D eigenvalue weighted by molar-refractivity contribution is 5.90. The molecule has 3 N–H and O–H groups in total. The number of unbranched alkanes of at least 4 members (excludes halogenated alkanes) is 1. The molecule has 0 spiro atoms. The van der Waals surface area contributed by atoms with Crippen molar-refractivity contribution in [3.63, 3.8) is 0 Å². The molecule has 0 aromatic heterocycles. The molecular weight excluding hydrogens is 398 g/mol. The molecule has 1 aromatic rings. The molecule has 174 valence electrons. The van der Waals surface area contributed by atoms with Gasteiger partial charge >= 0.3 is 6.09 Å². The number of ether oxygens (including phenoxy) is 1. The first-order valence-corrected chi connectivity index (χ1v) is 10.6. The van der Waals surface area contributed by atoms with E-state index in [1.54, 1.807) is 32.9 Å². The molecule has 31 heavy (non-hydrogen) atoms. The maximum absolute atomic E-state index is 13.2. The molecule has 0 fully saturated rings. The highest BCUT2D eigenvalue weighted by Gasteiger charge is 2.33. The fourth-order valence-electron chi connectivity index (χ4n) is 2.90. The second kappa shape index (κ2) is 11.0. The van der Waals surface area contributed by atoms with Crippen molar-refractivity contribution in [2.24, 2.45) is 0 Å². The number of alkyl carbamates (subject to hydrolysis) is 1. The molecule has 0 aliphatic rings. The number of nitrogens with zero attached hydrogens (tertiary/aromatic N) is 1. The molecule has 1 atom stereocenters. The number of phenolic OH excluding ortho intramolecular Hbond substituents is 1. The molecule has 0 heterocycles. The zero-order chi connectivity index (χ0) is 23.8. The van der Waals surface area contributed by atoms with Gasteiger partial charge in [0.1, 0.15) is 23.9 Å². The Kier molecular flexibility index (Phi) is 9.34. The number of carbonyl (C=O) groups is 3. The lowest BCUT2D eigenvalue weighted by molar-refractivity contribution is -0.141. The predicted octanol–water partition coefficient (Wildman–Crippen LogP) is 3.50. The molecule has 8 nitrogen and oxygen atoms in total. The van der Waals surface area contributed by atoms with Gasteiger partial charge in [0.15, 0.2) is 0 Å². The number of rotatable bonds is 8. The zero-order valence-corrected chi connectivity index (χ0v) is 19.7. The van der Waals surface area contributed by atoms with Gasteiger partial charge in [-0.25, -0.2) is 4.79 Å². The SMILES string of the molecule is CCCCN(C(=O)CNC(=O)OC(C)(C)C)C(C(=O)NC(C)(C)C)c1cccc(O)c1. The van der Waals surface area contributed by atoms with Crippen LogP contribution in [0.15, 0.2) is 24.3 Å². The van der Waals surface area contributed by atoms with Crippen LogP contribution in [0.25, 0.3) is 0 Å². The van der Waals surface area contributed by atoms with Crippen molar-refractivity contribution >= 4 is 17.9 Å². The highest BCUT2D eigenvalue weighted by atomic mass is 16.6. The second-order valence-corrected chi connectivity index (χ2v) is 9.53. The molecule has 0 aliphatic heterocycles. The summed E-state index contributed by atoms with van der Waals surface area (Å²) in [5, 5.41) is 15.3. The van der Waals surface area contributed by atoms with Crippen LogP contribution in [0.2, 0.25) is 0 Å². The normalized spacial score (nSPS) is 12.6. The van der Waals surface area contributed by atoms with Gasteiger partial charge < -0.3 is 25.4 Å². The molecule has 0 bridgehead atoms. The van der Waals surface area contributed by atoms with Crippen LogP contribution in [0.3, 0.4) is 0 Å². The molecule has 1 unspecified atom stereocenters. The van der Waals surface area contributed by atoms with Crippen molar-refractivity contribution in [1.82, 2.24) is 15.5 Å². The average Bonchev–Trinajstić information content (AvgIpc) is 2.60. The number of phenols is 1. The summed E-state index contributed by atoms with van der Waals surface area (Å²) >= 11 is 0. The first-order valence-electron chi connectivity index (χ1n) is 10.6. The molecule has 3 amide bonds. The summed E-state index contributed by atoms with van der Waals surface area (Å²) in [4.78, 5) is 39.7. The Bertz CT molecular complexity index is 765. The third-order valence-electron chi connectivity index (χ3n) is 4.10. The molecule has 8 heteroatoms. The van der Waals surface area contributed by atoms with Crippen molar-refractivity contribution < 1.29 is 24.2 Å². The van der Waals surface area contributed by atoms with Crippen LogP contribution in [0.1, 0.15) is 72.9 Å². The molecule has 0 saturated carbocycles. The Balaban J connectivity index is 3.19. The highest BCUT2D eigenvalue weighted by Crippen LogP contribution is 2.26. The zero-order valence-electron chi connectivity index (χ0n) is 19.7. The van der Waals surface area contributed by atoms with E-state index in [0.29, 0.717) is 18.5 Å². The minimum Gasteiger partial charge on any atom is -0.508 e. The number of benzene rings is 1. The lowest BCUT2D eigenvalue weighted by Crippen LogP contribution is -2.51. The van der Waals surface area contributed by atoms with Crippen LogP contribution in [0.5, 0.6) is 5.75 Å². The van der Waals surface area contributed by atoms with E-state index >= 15 is 0 Å². The monoisotopic (exact) mass is 435 g/mol. The average molecular weight is 436 g/mol. The summed E-state index contributed by atoms with van der Waals surface area (Å²) in [5.41, 5.74) is -0.713. The van der Waals surface area contributed by atoms with Crippen LogP contribution in [-0.4, -0.2) is 52.1 Å². The Morgan fingerprint density at radius 3 is 2.29 bits per heavy atom. The lowest BCUT2D eigenvalue weighted by Gasteiger charge is -2.34. The summed E-state index contributed by atoms with van der Waals surface area (Å²) in [5.74, 6) is -0.780. The molecule has 1 rings (SSSR count). The van der Waals surface area contributed by atoms with Gasteiger partial charge in [-0.2, -0.15) is 0 Å². The Hall–Kier alpha value is -2.77. The van der Waals surface area contributed by atoms with E-state index < -0.39 is 29.2 Å². The van der Waals surface area contributed by atoms with Crippen LogP contribution in [0, 0.1) is 0 Å². The number of carbonyl (C=O) groups excluding carboxylic acids is 3. The maximum atomic E-state index is 13.2. The van der Waals surface area contributed by atoms with E-state index in [4.69, 9.17) is 4.74 Å². The maximum Gasteiger partial charge on any atom is 0.408 e. The smallest absolute Gasteiger partial charge is 0.408 e. The van der Waals surface area contributed by atoms with Gasteiger partial charge in [0, 0.05) is 12.1 Å². The van der Waals surface area contributed by atoms with Crippen molar-refractivity contribution in [2.45, 2.75) is 78.5 Å². The van der Waals surface area contributed by atoms with E-state index in [1.807, 2.05) is 27.7 Å². The number of hydrogen-bond acceptors (Lipinski definition) is 5. The molecular formula is C23H37N3O5. The standard InChI is InChI=1S/C23H37N3O5/c1-8-9-13-26(18(28)15-24-21(30)31-23(5,6)7)19(20(29)25-22(2,3)4)16-11-10-12-17(27)14-16/h10-12,14,19,27H,8-9,13,15H2,1-7H3,(H,24,30)(H,25,29). The van der Waals surface area contributed by atoms with Gasteiger partial charge in [-0.3, -0.25) is 9.59 Å². The van der Waals surface area contributed by atoms with Crippen LogP contribution in [-0.2, 0) is 14.3 Å². The molecule has 0 aliphatic carbocycles. The van der Waals surface area contributed by atoms with E-state index in [2.05, 4.69) is 10.6 Å². The van der Waals surface area contributed by atoms with Gasteiger partial charge in [0.05, 0.1) is 0 Å². The van der Waals surface area contributed by atoms with E-state index in [1.165, 1.54) is 17.0 Å². The number of amides is 3. The Morgan fingerprint density at radius 1 is 1.13 bits per heavy atom. The van der Waals surface area contributed by atoms with E-state index in [0.717, 1.165) is 6.42 Å². The van der Waals surface area contributed by atoms with Crippen LogP contribution in [0.4, 0.5) is 4.79 Å². The van der Waals surface area contributed by atoms with Gasteiger partial charge in [-0.05, 0) is 65.7 Å². The van der Waals surface area contributed by atoms with Gasteiger partial charge in [0.2, 0.25) is 11.8 Å². The quantitative estimate of drug-likeness (QED) is 0.579.